The van der Waals surface area contributed by atoms with Crippen molar-refractivity contribution in [3.63, 3.8) is 0 Å². The average molecular weight is 470 g/mol. The second-order valence-corrected chi connectivity index (χ2v) is 8.55. The van der Waals surface area contributed by atoms with Gasteiger partial charge < -0.3 is 20.5 Å². The number of aromatic nitrogens is 3. The fourth-order valence-electron chi connectivity index (χ4n) is 3.79. The number of ether oxygens (including phenoxy) is 1. The number of halogens is 1. The Hall–Kier alpha value is -2.94. The smallest absolute Gasteiger partial charge is 0.258 e. The molecule has 0 radical (unpaired) electrons. The molecule has 0 aromatic carbocycles. The number of nitrogens with zero attached hydrogens (tertiary/aromatic N) is 3. The van der Waals surface area contributed by atoms with E-state index in [0.717, 1.165) is 50.3 Å². The Morgan fingerprint density at radius 3 is 2.61 bits per heavy atom. The summed E-state index contributed by atoms with van der Waals surface area (Å²) in [5.74, 6) is 1.22. The Morgan fingerprint density at radius 2 is 1.91 bits per heavy atom. The molecular weight excluding hydrogens is 442 g/mol. The lowest BCUT2D eigenvalue weighted by Gasteiger charge is -2.26. The summed E-state index contributed by atoms with van der Waals surface area (Å²) < 4.78 is 7.18. The van der Waals surface area contributed by atoms with Crippen LogP contribution in [-0.2, 0) is 6.61 Å². The average Bonchev–Trinajstić information content (AvgIpc) is 2.83. The summed E-state index contributed by atoms with van der Waals surface area (Å²) in [5.41, 5.74) is 1.19. The van der Waals surface area contributed by atoms with E-state index in [4.69, 9.17) is 16.3 Å². The highest BCUT2D eigenvalue weighted by Gasteiger charge is 2.18. The summed E-state index contributed by atoms with van der Waals surface area (Å²) in [7, 11) is 0. The second kappa shape index (κ2) is 11.3. The third kappa shape index (κ3) is 6.77. The highest BCUT2D eigenvalue weighted by molar-refractivity contribution is 6.30. The second-order valence-electron chi connectivity index (χ2n) is 8.12. The Morgan fingerprint density at radius 1 is 1.06 bits per heavy atom. The topological polar surface area (TPSA) is 101 Å². The van der Waals surface area contributed by atoms with E-state index in [1.54, 1.807) is 36.8 Å². The minimum Gasteiger partial charge on any atom is -0.487 e. The van der Waals surface area contributed by atoms with Crippen LogP contribution in [0.5, 0.6) is 5.75 Å². The molecule has 3 aromatic rings. The first-order valence-corrected chi connectivity index (χ1v) is 11.5. The number of rotatable bonds is 9. The molecule has 174 valence electrons. The first-order chi connectivity index (χ1) is 16.1. The molecule has 0 amide bonds. The van der Waals surface area contributed by atoms with Crippen molar-refractivity contribution in [2.75, 3.05) is 18.4 Å². The molecule has 1 fully saturated rings. The molecule has 3 aromatic heterocycles. The zero-order valence-electron chi connectivity index (χ0n) is 18.3. The molecule has 0 bridgehead atoms. The van der Waals surface area contributed by atoms with Crippen LogP contribution in [-0.4, -0.2) is 44.9 Å². The van der Waals surface area contributed by atoms with Gasteiger partial charge in [0, 0.05) is 37.6 Å². The molecule has 0 unspecified atom stereocenters. The maximum absolute atomic E-state index is 12.5. The van der Waals surface area contributed by atoms with Gasteiger partial charge in [-0.15, -0.1) is 0 Å². The van der Waals surface area contributed by atoms with Crippen LogP contribution in [0.3, 0.4) is 0 Å². The summed E-state index contributed by atoms with van der Waals surface area (Å²) >= 11 is 5.83. The summed E-state index contributed by atoms with van der Waals surface area (Å²) in [6, 6.07) is 10.9. The molecule has 0 spiro atoms. The Bertz CT molecular complexity index is 1080. The van der Waals surface area contributed by atoms with Crippen LogP contribution in [0.4, 0.5) is 5.82 Å². The van der Waals surface area contributed by atoms with Crippen LogP contribution in [0, 0.1) is 0 Å². The van der Waals surface area contributed by atoms with E-state index in [2.05, 4.69) is 20.6 Å². The molecule has 3 heterocycles. The Balaban J connectivity index is 1.26. The fraction of sp³-hybridized carbons (Fsp3) is 0.375. The first-order valence-electron chi connectivity index (χ1n) is 11.1. The maximum atomic E-state index is 12.5. The van der Waals surface area contributed by atoms with Gasteiger partial charge in [0.1, 0.15) is 18.2 Å². The van der Waals surface area contributed by atoms with Gasteiger partial charge in [0.25, 0.3) is 5.56 Å². The van der Waals surface area contributed by atoms with Crippen molar-refractivity contribution in [3.8, 4) is 11.4 Å². The third-order valence-corrected chi connectivity index (χ3v) is 5.88. The van der Waals surface area contributed by atoms with Crippen molar-refractivity contribution >= 4 is 17.4 Å². The van der Waals surface area contributed by atoms with Crippen molar-refractivity contribution in [2.45, 2.75) is 44.4 Å². The fourth-order valence-corrected chi connectivity index (χ4v) is 3.90. The van der Waals surface area contributed by atoms with Crippen LogP contribution in [0.2, 0.25) is 5.02 Å². The van der Waals surface area contributed by atoms with Gasteiger partial charge in [-0.2, -0.15) is 0 Å². The zero-order chi connectivity index (χ0) is 23.0. The van der Waals surface area contributed by atoms with E-state index < -0.39 is 0 Å². The minimum atomic E-state index is -0.208. The van der Waals surface area contributed by atoms with E-state index in [-0.39, 0.29) is 18.3 Å². The molecule has 0 atom stereocenters. The van der Waals surface area contributed by atoms with Gasteiger partial charge in [0.05, 0.1) is 28.7 Å². The van der Waals surface area contributed by atoms with Gasteiger partial charge >= 0.3 is 0 Å². The lowest BCUT2D eigenvalue weighted by Crippen LogP contribution is -2.37. The van der Waals surface area contributed by atoms with Crippen molar-refractivity contribution in [1.82, 2.24) is 19.9 Å². The SMILES string of the molecule is O=c1cc(OCc2ccc(Cl)cn2)ccn1-c1ccc(NCCN[C@H]2CC[C@H](O)CC2)nc1. The first kappa shape index (κ1) is 23.2. The van der Waals surface area contributed by atoms with Crippen LogP contribution in [0.1, 0.15) is 31.4 Å². The van der Waals surface area contributed by atoms with Crippen LogP contribution >= 0.6 is 11.6 Å². The van der Waals surface area contributed by atoms with Crippen molar-refractivity contribution in [3.05, 3.63) is 76.1 Å². The molecule has 0 aliphatic heterocycles. The number of anilines is 1. The van der Waals surface area contributed by atoms with E-state index in [1.807, 2.05) is 12.1 Å². The van der Waals surface area contributed by atoms with Gasteiger partial charge in [-0.3, -0.25) is 14.3 Å². The molecule has 0 saturated heterocycles. The Labute approximate surface area is 197 Å². The van der Waals surface area contributed by atoms with E-state index >= 15 is 0 Å². The highest BCUT2D eigenvalue weighted by atomic mass is 35.5. The number of nitrogens with one attached hydrogen (secondary N) is 2. The molecular formula is C24H28ClN5O3. The molecule has 1 aliphatic rings. The van der Waals surface area contributed by atoms with Crippen LogP contribution in [0.15, 0.2) is 59.8 Å². The van der Waals surface area contributed by atoms with Gasteiger partial charge in [0.15, 0.2) is 0 Å². The molecule has 33 heavy (non-hydrogen) atoms. The van der Waals surface area contributed by atoms with Crippen molar-refractivity contribution in [2.24, 2.45) is 0 Å². The molecule has 3 N–H and O–H groups in total. The van der Waals surface area contributed by atoms with Crippen molar-refractivity contribution < 1.29 is 9.84 Å². The summed E-state index contributed by atoms with van der Waals surface area (Å²) in [6.45, 7) is 1.83. The lowest BCUT2D eigenvalue weighted by molar-refractivity contribution is 0.117. The zero-order valence-corrected chi connectivity index (χ0v) is 19.0. The molecule has 1 saturated carbocycles. The largest absolute Gasteiger partial charge is 0.487 e. The van der Waals surface area contributed by atoms with Gasteiger partial charge in [-0.05, 0) is 56.0 Å². The predicted molar refractivity (Wildman–Crippen MR) is 128 cm³/mol. The molecule has 8 nitrogen and oxygen atoms in total. The summed E-state index contributed by atoms with van der Waals surface area (Å²) in [6.07, 6.45) is 8.55. The van der Waals surface area contributed by atoms with E-state index in [1.165, 1.54) is 10.6 Å². The maximum Gasteiger partial charge on any atom is 0.258 e. The normalized spacial score (nSPS) is 18.1. The standard InChI is InChI=1S/C24H28ClN5O3/c25-17-1-2-19(28-14-17)16-33-22-9-12-30(24(32)13-22)20-5-8-23(29-15-20)27-11-10-26-18-3-6-21(31)7-4-18/h1-2,5,8-9,12-15,18,21,26,31H,3-4,6-7,10-11,16H2,(H,27,29)/t18-,21-. The predicted octanol–water partition coefficient (Wildman–Crippen LogP) is 3.16. The Kier molecular flexibility index (Phi) is 7.93. The summed E-state index contributed by atoms with van der Waals surface area (Å²) in [5, 5.41) is 16.9. The van der Waals surface area contributed by atoms with E-state index in [9.17, 15) is 9.90 Å². The number of hydrogen-bond acceptors (Lipinski definition) is 7. The number of hydrogen-bond donors (Lipinski definition) is 3. The highest BCUT2D eigenvalue weighted by Crippen LogP contribution is 2.18. The minimum absolute atomic E-state index is 0.133. The van der Waals surface area contributed by atoms with Gasteiger partial charge in [0.2, 0.25) is 0 Å². The number of aliphatic hydroxyl groups is 1. The van der Waals surface area contributed by atoms with Gasteiger partial charge in [-0.1, -0.05) is 11.6 Å². The monoisotopic (exact) mass is 469 g/mol. The van der Waals surface area contributed by atoms with Crippen molar-refractivity contribution in [1.29, 1.82) is 0 Å². The molecule has 4 rings (SSSR count). The third-order valence-electron chi connectivity index (χ3n) is 5.65. The number of aliphatic hydroxyl groups excluding tert-OH is 1. The van der Waals surface area contributed by atoms with E-state index in [0.29, 0.717) is 22.5 Å². The molecule has 1 aliphatic carbocycles. The molecule has 9 heteroatoms. The summed E-state index contributed by atoms with van der Waals surface area (Å²) in [4.78, 5) is 21.1. The van der Waals surface area contributed by atoms with Crippen LogP contribution in [0.25, 0.3) is 5.69 Å². The van der Waals surface area contributed by atoms with Crippen LogP contribution < -0.4 is 20.9 Å². The lowest BCUT2D eigenvalue weighted by atomic mass is 9.93. The van der Waals surface area contributed by atoms with Gasteiger partial charge in [-0.25, -0.2) is 4.98 Å². The number of pyridine rings is 3. The quantitative estimate of drug-likeness (QED) is 0.414.